The average Bonchev–Trinajstić information content (AvgIpc) is 3.06. The standard InChI is InChI=1S/C35H37ClO5.CH4O/c1-3-38-30-17-14-25(15-18-30)20-29-21-28(16-19-31(29)36)34-35(40-24-27-12-8-5-9-13-27)32(22-33(37-2)41-34)39-23-26-10-6-4-7-11-26;1-2/h4-19,21,32-35H,3,20,22-24H2,1-2H3;2H,1H3/t32?,33?,34?,35-;/m1./s1. The van der Waals surface area contributed by atoms with Crippen LogP contribution in [0.4, 0.5) is 0 Å². The molecular weight excluding hydrogens is 564 g/mol. The predicted octanol–water partition coefficient (Wildman–Crippen LogP) is 7.54. The first-order chi connectivity index (χ1) is 21.1. The smallest absolute Gasteiger partial charge is 0.160 e. The van der Waals surface area contributed by atoms with E-state index in [1.165, 1.54) is 0 Å². The van der Waals surface area contributed by atoms with Crippen molar-refractivity contribution in [2.75, 3.05) is 20.8 Å². The summed E-state index contributed by atoms with van der Waals surface area (Å²) in [6.45, 7) is 3.54. The molecule has 0 bridgehead atoms. The Morgan fingerprint density at radius 3 is 2.02 bits per heavy atom. The summed E-state index contributed by atoms with van der Waals surface area (Å²) >= 11 is 6.70. The lowest BCUT2D eigenvalue weighted by molar-refractivity contribution is -0.266. The molecule has 5 rings (SSSR count). The number of ether oxygens (including phenoxy) is 5. The number of hydrogen-bond acceptors (Lipinski definition) is 6. The molecule has 0 amide bonds. The highest BCUT2D eigenvalue weighted by Crippen LogP contribution is 2.38. The maximum atomic E-state index is 7.00. The van der Waals surface area contributed by atoms with Gasteiger partial charge in [0, 0.05) is 25.7 Å². The van der Waals surface area contributed by atoms with Crippen molar-refractivity contribution in [3.63, 3.8) is 0 Å². The van der Waals surface area contributed by atoms with Crippen molar-refractivity contribution in [3.05, 3.63) is 136 Å². The van der Waals surface area contributed by atoms with Crippen LogP contribution in [0.1, 0.15) is 47.3 Å². The molecule has 228 valence electrons. The summed E-state index contributed by atoms with van der Waals surface area (Å²) in [6.07, 6.45) is -0.190. The van der Waals surface area contributed by atoms with E-state index in [2.05, 4.69) is 42.5 Å². The van der Waals surface area contributed by atoms with Crippen LogP contribution >= 0.6 is 11.6 Å². The van der Waals surface area contributed by atoms with Gasteiger partial charge < -0.3 is 28.8 Å². The lowest BCUT2D eigenvalue weighted by Crippen LogP contribution is -2.47. The molecule has 4 atom stereocenters. The van der Waals surface area contributed by atoms with Crippen LogP contribution < -0.4 is 4.74 Å². The molecule has 43 heavy (non-hydrogen) atoms. The number of aliphatic hydroxyl groups excluding tert-OH is 1. The Labute approximate surface area is 260 Å². The second-order valence-electron chi connectivity index (χ2n) is 10.2. The third-order valence-corrected chi connectivity index (χ3v) is 7.64. The van der Waals surface area contributed by atoms with Gasteiger partial charge in [0.25, 0.3) is 0 Å². The first-order valence-corrected chi connectivity index (χ1v) is 14.9. The Morgan fingerprint density at radius 1 is 0.791 bits per heavy atom. The fourth-order valence-electron chi connectivity index (χ4n) is 5.13. The topological polar surface area (TPSA) is 66.4 Å². The monoisotopic (exact) mass is 604 g/mol. The fourth-order valence-corrected chi connectivity index (χ4v) is 5.32. The minimum atomic E-state index is -0.428. The van der Waals surface area contributed by atoms with Crippen LogP contribution in [0.2, 0.25) is 5.02 Å². The van der Waals surface area contributed by atoms with E-state index in [1.54, 1.807) is 7.11 Å². The highest BCUT2D eigenvalue weighted by molar-refractivity contribution is 6.31. The number of hydrogen-bond donors (Lipinski definition) is 1. The van der Waals surface area contributed by atoms with E-state index in [1.807, 2.05) is 67.6 Å². The van der Waals surface area contributed by atoms with Crippen molar-refractivity contribution < 1.29 is 28.8 Å². The van der Waals surface area contributed by atoms with Gasteiger partial charge in [-0.15, -0.1) is 0 Å². The second-order valence-corrected chi connectivity index (χ2v) is 10.6. The van der Waals surface area contributed by atoms with Crippen molar-refractivity contribution in [1.82, 2.24) is 0 Å². The summed E-state index contributed by atoms with van der Waals surface area (Å²) in [4.78, 5) is 0. The molecule has 1 heterocycles. The lowest BCUT2D eigenvalue weighted by Gasteiger charge is -2.41. The van der Waals surface area contributed by atoms with Crippen LogP contribution in [0.25, 0.3) is 0 Å². The van der Waals surface area contributed by atoms with E-state index in [9.17, 15) is 0 Å². The Hall–Kier alpha value is -3.23. The Bertz CT molecular complexity index is 1350. The predicted molar refractivity (Wildman–Crippen MR) is 169 cm³/mol. The van der Waals surface area contributed by atoms with Crippen LogP contribution in [0.3, 0.4) is 0 Å². The zero-order valence-corrected chi connectivity index (χ0v) is 25.8. The van der Waals surface area contributed by atoms with E-state index < -0.39 is 12.4 Å². The quantitative estimate of drug-likeness (QED) is 0.180. The molecule has 1 fully saturated rings. The Morgan fingerprint density at radius 2 is 1.42 bits per heavy atom. The van der Waals surface area contributed by atoms with Gasteiger partial charge in [0.05, 0.1) is 25.9 Å². The zero-order chi connectivity index (χ0) is 30.4. The van der Waals surface area contributed by atoms with Crippen LogP contribution in [-0.4, -0.2) is 44.4 Å². The number of halogens is 1. The molecule has 0 aliphatic carbocycles. The molecule has 1 aliphatic rings. The third-order valence-electron chi connectivity index (χ3n) is 7.27. The highest BCUT2D eigenvalue weighted by Gasteiger charge is 2.41. The van der Waals surface area contributed by atoms with Crippen molar-refractivity contribution in [2.45, 2.75) is 57.6 Å². The van der Waals surface area contributed by atoms with Gasteiger partial charge in [-0.05, 0) is 59.4 Å². The molecule has 0 aromatic heterocycles. The van der Waals surface area contributed by atoms with Gasteiger partial charge in [-0.2, -0.15) is 0 Å². The Kier molecular flexibility index (Phi) is 13.0. The van der Waals surface area contributed by atoms with E-state index in [-0.39, 0.29) is 12.2 Å². The normalized spacial score (nSPS) is 19.7. The van der Waals surface area contributed by atoms with E-state index >= 15 is 0 Å². The molecule has 0 saturated carbocycles. The van der Waals surface area contributed by atoms with Gasteiger partial charge in [0.2, 0.25) is 0 Å². The van der Waals surface area contributed by atoms with Crippen LogP contribution in [0.15, 0.2) is 103 Å². The Balaban J connectivity index is 0.00000207. The van der Waals surface area contributed by atoms with E-state index in [0.29, 0.717) is 37.7 Å². The van der Waals surface area contributed by atoms with Crippen molar-refractivity contribution >= 4 is 11.6 Å². The average molecular weight is 605 g/mol. The zero-order valence-electron chi connectivity index (χ0n) is 25.0. The minimum absolute atomic E-state index is 0.243. The maximum absolute atomic E-state index is 7.00. The van der Waals surface area contributed by atoms with E-state index in [0.717, 1.165) is 40.7 Å². The molecular formula is C36H41ClO6. The molecule has 4 aromatic carbocycles. The number of methoxy groups -OCH3 is 1. The molecule has 3 unspecified atom stereocenters. The van der Waals surface area contributed by atoms with Gasteiger partial charge in [-0.25, -0.2) is 0 Å². The van der Waals surface area contributed by atoms with Crippen molar-refractivity contribution in [2.24, 2.45) is 0 Å². The second kappa shape index (κ2) is 17.2. The summed E-state index contributed by atoms with van der Waals surface area (Å²) in [7, 11) is 2.67. The van der Waals surface area contributed by atoms with Crippen LogP contribution in [0, 0.1) is 0 Å². The largest absolute Gasteiger partial charge is 0.494 e. The van der Waals surface area contributed by atoms with Gasteiger partial charge in [0.1, 0.15) is 18.0 Å². The van der Waals surface area contributed by atoms with Crippen molar-refractivity contribution in [1.29, 1.82) is 0 Å². The van der Waals surface area contributed by atoms with Crippen molar-refractivity contribution in [3.8, 4) is 5.75 Å². The summed E-state index contributed by atoms with van der Waals surface area (Å²) in [6, 6.07) is 34.6. The van der Waals surface area contributed by atoms with Crippen LogP contribution in [-0.2, 0) is 38.6 Å². The van der Waals surface area contributed by atoms with Gasteiger partial charge in [0.15, 0.2) is 6.29 Å². The maximum Gasteiger partial charge on any atom is 0.160 e. The SMILES string of the molecule is CCOc1ccc(Cc2cc(C3OC(OC)CC(OCc4ccccc4)[C@H]3OCc3ccccc3)ccc2Cl)cc1.CO. The van der Waals surface area contributed by atoms with Gasteiger partial charge in [-0.3, -0.25) is 0 Å². The molecule has 1 saturated heterocycles. The first-order valence-electron chi connectivity index (χ1n) is 14.6. The minimum Gasteiger partial charge on any atom is -0.494 e. The lowest BCUT2D eigenvalue weighted by atomic mass is 9.92. The molecule has 0 spiro atoms. The number of rotatable bonds is 12. The summed E-state index contributed by atoms with van der Waals surface area (Å²) < 4.78 is 30.9. The number of aliphatic hydroxyl groups is 1. The number of benzene rings is 4. The first kappa shape index (κ1) is 32.7. The summed E-state index contributed by atoms with van der Waals surface area (Å²) in [5.41, 5.74) is 5.33. The molecule has 0 radical (unpaired) electrons. The molecule has 1 N–H and O–H groups in total. The molecule has 7 heteroatoms. The van der Waals surface area contributed by atoms with Gasteiger partial charge >= 0.3 is 0 Å². The van der Waals surface area contributed by atoms with Crippen LogP contribution in [0.5, 0.6) is 5.75 Å². The van der Waals surface area contributed by atoms with Gasteiger partial charge in [-0.1, -0.05) is 96.5 Å². The molecule has 1 aliphatic heterocycles. The fraction of sp³-hybridized carbons (Fsp3) is 0.333. The molecule has 4 aromatic rings. The third kappa shape index (κ3) is 9.38. The summed E-state index contributed by atoms with van der Waals surface area (Å²) in [5.74, 6) is 0.859. The molecule has 6 nitrogen and oxygen atoms in total. The summed E-state index contributed by atoms with van der Waals surface area (Å²) in [5, 5.41) is 7.71. The van der Waals surface area contributed by atoms with E-state index in [4.69, 9.17) is 40.4 Å². The highest BCUT2D eigenvalue weighted by atomic mass is 35.5.